The van der Waals surface area contributed by atoms with Crippen LogP contribution in [0, 0.1) is 6.92 Å². The third kappa shape index (κ3) is 7.73. The Kier molecular flexibility index (Phi) is 7.24. The van der Waals surface area contributed by atoms with E-state index in [4.69, 9.17) is 9.47 Å². The number of rotatable bonds is 7. The molecule has 0 unspecified atom stereocenters. The van der Waals surface area contributed by atoms with Crippen molar-refractivity contribution in [2.75, 3.05) is 18.5 Å². The first-order chi connectivity index (χ1) is 13.4. The van der Waals surface area contributed by atoms with E-state index < -0.39 is 11.7 Å². The van der Waals surface area contributed by atoms with Crippen molar-refractivity contribution in [3.63, 3.8) is 0 Å². The number of amides is 1. The summed E-state index contributed by atoms with van der Waals surface area (Å²) in [6.07, 6.45) is -0.448. The van der Waals surface area contributed by atoms with Gasteiger partial charge in [0.2, 0.25) is 0 Å². The molecule has 2 rings (SSSR count). The van der Waals surface area contributed by atoms with Crippen LogP contribution in [0.25, 0.3) is 0 Å². The van der Waals surface area contributed by atoms with E-state index >= 15 is 0 Å². The van der Waals surface area contributed by atoms with Crippen LogP contribution in [0.2, 0.25) is 0 Å². The van der Waals surface area contributed by atoms with Crippen LogP contribution in [0.1, 0.15) is 52.9 Å². The van der Waals surface area contributed by atoms with Crippen LogP contribution >= 0.6 is 0 Å². The predicted octanol–water partition coefficient (Wildman–Crippen LogP) is 4.13. The Morgan fingerprint density at radius 3 is 2.55 bits per heavy atom. The molecular formula is C21H33N5O3. The molecule has 8 nitrogen and oxygen atoms in total. The molecule has 0 saturated carbocycles. The number of nitrogens with zero attached hydrogens (tertiary/aromatic N) is 3. The smallest absolute Gasteiger partial charge is 0.407 e. The highest BCUT2D eigenvalue weighted by Gasteiger charge is 2.19. The molecule has 2 heterocycles. The number of ether oxygens (including phenoxy) is 2. The molecular weight excluding hydrogens is 370 g/mol. The maximum absolute atomic E-state index is 11.6. The molecule has 2 N–H and O–H groups in total. The van der Waals surface area contributed by atoms with Crippen molar-refractivity contribution in [3.8, 4) is 0 Å². The molecule has 0 radical (unpaired) electrons. The van der Waals surface area contributed by atoms with Gasteiger partial charge < -0.3 is 20.1 Å². The van der Waals surface area contributed by atoms with E-state index in [1.165, 1.54) is 0 Å². The first-order valence-corrected chi connectivity index (χ1v) is 9.79. The summed E-state index contributed by atoms with van der Waals surface area (Å²) in [4.78, 5) is 16.2. The molecule has 0 bridgehead atoms. The number of carbonyl (C=O) groups excluding carboxylic acids is 1. The SMILES string of the molecule is Cc1cc(Nc2cccc(COCCNC(=O)OC(C)(C)C)n2)n(C(C)(C)C)n1. The van der Waals surface area contributed by atoms with E-state index in [1.54, 1.807) is 0 Å². The van der Waals surface area contributed by atoms with Gasteiger partial charge in [-0.1, -0.05) is 6.07 Å². The second-order valence-electron chi connectivity index (χ2n) is 8.87. The molecule has 0 atom stereocenters. The van der Waals surface area contributed by atoms with E-state index in [2.05, 4.69) is 41.5 Å². The van der Waals surface area contributed by atoms with Crippen molar-refractivity contribution >= 4 is 17.7 Å². The number of alkyl carbamates (subject to hydrolysis) is 1. The van der Waals surface area contributed by atoms with Gasteiger partial charge in [-0.25, -0.2) is 14.5 Å². The Morgan fingerprint density at radius 1 is 1.17 bits per heavy atom. The molecule has 29 heavy (non-hydrogen) atoms. The number of aromatic nitrogens is 3. The second-order valence-corrected chi connectivity index (χ2v) is 8.87. The highest BCUT2D eigenvalue weighted by molar-refractivity contribution is 5.67. The van der Waals surface area contributed by atoms with Crippen molar-refractivity contribution in [2.45, 2.75) is 66.2 Å². The fourth-order valence-corrected chi connectivity index (χ4v) is 2.58. The third-order valence-corrected chi connectivity index (χ3v) is 3.69. The van der Waals surface area contributed by atoms with E-state index in [9.17, 15) is 4.79 Å². The highest BCUT2D eigenvalue weighted by atomic mass is 16.6. The van der Waals surface area contributed by atoms with Crippen LogP contribution in [-0.2, 0) is 21.6 Å². The molecule has 0 spiro atoms. The summed E-state index contributed by atoms with van der Waals surface area (Å²) in [5, 5.41) is 10.6. The van der Waals surface area contributed by atoms with Gasteiger partial charge in [-0.05, 0) is 60.6 Å². The topological polar surface area (TPSA) is 90.3 Å². The lowest BCUT2D eigenvalue weighted by Crippen LogP contribution is -2.34. The number of anilines is 2. The van der Waals surface area contributed by atoms with Crippen LogP contribution < -0.4 is 10.6 Å². The number of nitrogens with one attached hydrogen (secondary N) is 2. The van der Waals surface area contributed by atoms with Gasteiger partial charge in [0.15, 0.2) is 0 Å². The van der Waals surface area contributed by atoms with Gasteiger partial charge >= 0.3 is 6.09 Å². The lowest BCUT2D eigenvalue weighted by Gasteiger charge is -2.22. The maximum atomic E-state index is 11.6. The number of hydrogen-bond acceptors (Lipinski definition) is 6. The summed E-state index contributed by atoms with van der Waals surface area (Å²) in [7, 11) is 0. The van der Waals surface area contributed by atoms with Crippen LogP contribution in [0.4, 0.5) is 16.4 Å². The highest BCUT2D eigenvalue weighted by Crippen LogP contribution is 2.23. The second kappa shape index (κ2) is 9.26. The summed E-state index contributed by atoms with van der Waals surface area (Å²) in [6, 6.07) is 7.73. The summed E-state index contributed by atoms with van der Waals surface area (Å²) >= 11 is 0. The number of carbonyl (C=O) groups is 1. The Balaban J connectivity index is 1.85. The van der Waals surface area contributed by atoms with Gasteiger partial charge in [0, 0.05) is 12.6 Å². The van der Waals surface area contributed by atoms with Crippen molar-refractivity contribution in [3.05, 3.63) is 35.7 Å². The molecule has 8 heteroatoms. The van der Waals surface area contributed by atoms with Crippen molar-refractivity contribution in [2.24, 2.45) is 0 Å². The first kappa shape index (κ1) is 22.7. The molecule has 0 aromatic carbocycles. The molecule has 2 aromatic rings. The molecule has 0 saturated heterocycles. The zero-order valence-electron chi connectivity index (χ0n) is 18.5. The van der Waals surface area contributed by atoms with E-state index in [1.807, 2.05) is 56.6 Å². The molecule has 160 valence electrons. The standard InChI is InChI=1S/C21H33N5O3/c1-15-13-18(26(25-15)20(2,3)4)24-17-10-8-9-16(23-17)14-28-12-11-22-19(27)29-21(5,6)7/h8-10,13H,11-12,14H2,1-7H3,(H,22,27)(H,23,24). The Morgan fingerprint density at radius 2 is 1.90 bits per heavy atom. The largest absolute Gasteiger partial charge is 0.444 e. The number of hydrogen-bond donors (Lipinski definition) is 2. The summed E-state index contributed by atoms with van der Waals surface area (Å²) < 4.78 is 12.7. The monoisotopic (exact) mass is 403 g/mol. The van der Waals surface area contributed by atoms with Gasteiger partial charge in [-0.15, -0.1) is 0 Å². The minimum Gasteiger partial charge on any atom is -0.444 e. The van der Waals surface area contributed by atoms with Crippen molar-refractivity contribution < 1.29 is 14.3 Å². The van der Waals surface area contributed by atoms with Gasteiger partial charge in [-0.2, -0.15) is 5.10 Å². The molecule has 0 aliphatic carbocycles. The zero-order chi connectivity index (χ0) is 21.7. The van der Waals surface area contributed by atoms with Gasteiger partial charge in [-0.3, -0.25) is 0 Å². The van der Waals surface area contributed by atoms with Crippen molar-refractivity contribution in [1.82, 2.24) is 20.1 Å². The normalized spacial score (nSPS) is 12.0. The lowest BCUT2D eigenvalue weighted by molar-refractivity contribution is 0.0493. The predicted molar refractivity (Wildman–Crippen MR) is 113 cm³/mol. The Bertz CT molecular complexity index is 818. The molecule has 0 aliphatic rings. The van der Waals surface area contributed by atoms with Gasteiger partial charge in [0.05, 0.1) is 30.1 Å². The zero-order valence-corrected chi connectivity index (χ0v) is 18.5. The minimum atomic E-state index is -0.511. The van der Waals surface area contributed by atoms with E-state index in [-0.39, 0.29) is 5.54 Å². The minimum absolute atomic E-state index is 0.140. The quantitative estimate of drug-likeness (QED) is 0.676. The summed E-state index contributed by atoms with van der Waals surface area (Å²) in [5.74, 6) is 1.62. The molecule has 0 aliphatic heterocycles. The molecule has 0 fully saturated rings. The lowest BCUT2D eigenvalue weighted by atomic mass is 10.1. The maximum Gasteiger partial charge on any atom is 0.407 e. The van der Waals surface area contributed by atoms with Crippen LogP contribution in [0.15, 0.2) is 24.3 Å². The number of aryl methyl sites for hydroxylation is 1. The van der Waals surface area contributed by atoms with Gasteiger partial charge in [0.1, 0.15) is 17.2 Å². The molecule has 2 aromatic heterocycles. The van der Waals surface area contributed by atoms with Crippen LogP contribution in [0.5, 0.6) is 0 Å². The fourth-order valence-electron chi connectivity index (χ4n) is 2.58. The Hall–Kier alpha value is -2.61. The average Bonchev–Trinajstić information content (AvgIpc) is 2.94. The van der Waals surface area contributed by atoms with Gasteiger partial charge in [0.25, 0.3) is 0 Å². The van der Waals surface area contributed by atoms with Crippen LogP contribution in [-0.4, -0.2) is 39.6 Å². The van der Waals surface area contributed by atoms with E-state index in [0.717, 1.165) is 23.0 Å². The number of pyridine rings is 1. The average molecular weight is 404 g/mol. The summed E-state index contributed by atoms with van der Waals surface area (Å²) in [5.41, 5.74) is 1.09. The Labute approximate surface area is 173 Å². The fraction of sp³-hybridized carbons (Fsp3) is 0.571. The third-order valence-electron chi connectivity index (χ3n) is 3.69. The van der Waals surface area contributed by atoms with Crippen LogP contribution in [0.3, 0.4) is 0 Å². The molecule has 1 amide bonds. The van der Waals surface area contributed by atoms with Crippen molar-refractivity contribution in [1.29, 1.82) is 0 Å². The summed E-state index contributed by atoms with van der Waals surface area (Å²) in [6.45, 7) is 14.8. The first-order valence-electron chi connectivity index (χ1n) is 9.79. The van der Waals surface area contributed by atoms with E-state index in [0.29, 0.717) is 19.8 Å².